The molecule has 0 atom stereocenters. The van der Waals surface area contributed by atoms with E-state index in [-0.39, 0.29) is 5.41 Å². The normalized spacial score (nSPS) is 17.0. The molecule has 0 N–H and O–H groups in total. The van der Waals surface area contributed by atoms with E-state index in [0.717, 1.165) is 16.6 Å². The molecule has 1 aliphatic heterocycles. The third kappa shape index (κ3) is 4.35. The van der Waals surface area contributed by atoms with Crippen LogP contribution in [-0.4, -0.2) is 30.7 Å². The van der Waals surface area contributed by atoms with Crippen LogP contribution in [0.4, 0.5) is 0 Å². The van der Waals surface area contributed by atoms with E-state index in [9.17, 15) is 0 Å². The fraction of sp³-hybridized carbons (Fsp3) is 0.310. The Kier molecular flexibility index (Phi) is 6.36. The van der Waals surface area contributed by atoms with E-state index in [0.29, 0.717) is 0 Å². The molecular weight excluding hydrogens is 362 g/mol. The summed E-state index contributed by atoms with van der Waals surface area (Å²) < 4.78 is 1.12. The molecule has 1 aliphatic rings. The molecule has 1 nitrogen and oxygen atoms in total. The van der Waals surface area contributed by atoms with E-state index in [4.69, 9.17) is 0 Å². The van der Waals surface area contributed by atoms with Crippen LogP contribution in [-0.2, 0) is 5.41 Å². The van der Waals surface area contributed by atoms with Gasteiger partial charge in [-0.3, -0.25) is 0 Å². The maximum atomic E-state index is 3.53. The molecule has 1 heterocycles. The number of piperidine rings is 1. The molecule has 1 saturated heterocycles. The highest BCUT2D eigenvalue weighted by atomic mass is 15.4. The molecule has 152 valence electrons. The van der Waals surface area contributed by atoms with Crippen molar-refractivity contribution in [3.63, 3.8) is 0 Å². The topological polar surface area (TPSA) is 0 Å². The van der Waals surface area contributed by atoms with Crippen molar-refractivity contribution in [2.75, 3.05) is 26.2 Å². The molecule has 1 heteroatoms. The second-order valence-electron chi connectivity index (χ2n) is 8.65. The van der Waals surface area contributed by atoms with Gasteiger partial charge >= 0.3 is 0 Å². The summed E-state index contributed by atoms with van der Waals surface area (Å²) in [5.41, 5.74) is 4.15. The molecule has 4 rings (SSSR count). The van der Waals surface area contributed by atoms with Crippen molar-refractivity contribution in [2.24, 2.45) is 0 Å². The number of hydrogen-bond donors (Lipinski definition) is 0. The zero-order valence-corrected chi connectivity index (χ0v) is 18.1. The molecule has 3 aromatic rings. The average molecular weight is 395 g/mol. The smallest absolute Gasteiger partial charge is 0.141 e. The summed E-state index contributed by atoms with van der Waals surface area (Å²) >= 11 is 0. The summed E-state index contributed by atoms with van der Waals surface area (Å²) in [6, 6.07) is 32.7. The Morgan fingerprint density at radius 2 is 1.23 bits per heavy atom. The predicted octanol–water partition coefficient (Wildman–Crippen LogP) is 6.05. The van der Waals surface area contributed by atoms with Crippen molar-refractivity contribution in [3.05, 3.63) is 108 Å². The van der Waals surface area contributed by atoms with Crippen LogP contribution < -0.4 is 0 Å². The van der Waals surface area contributed by atoms with Crippen molar-refractivity contribution < 1.29 is 4.48 Å². The van der Waals surface area contributed by atoms with Gasteiger partial charge in [-0.2, -0.15) is 0 Å². The third-order valence-corrected chi connectivity index (χ3v) is 6.80. The lowest BCUT2D eigenvalue weighted by atomic mass is 9.67. The van der Waals surface area contributed by atoms with E-state index in [1.54, 1.807) is 0 Å². The van der Waals surface area contributed by atoms with Gasteiger partial charge in [-0.25, -0.2) is 0 Å². The Bertz CT molecular complexity index is 931. The Hall–Kier alpha value is -2.82. The van der Waals surface area contributed by atoms with Gasteiger partial charge in [0.05, 0.1) is 19.6 Å². The van der Waals surface area contributed by atoms with E-state index in [1.165, 1.54) is 50.0 Å². The Morgan fingerprint density at radius 3 is 1.73 bits per heavy atom. The number of quaternary nitrogens is 1. The van der Waals surface area contributed by atoms with Crippen molar-refractivity contribution in [1.82, 2.24) is 0 Å². The molecule has 30 heavy (non-hydrogen) atoms. The van der Waals surface area contributed by atoms with Gasteiger partial charge in [0.25, 0.3) is 0 Å². The molecule has 0 aromatic heterocycles. The summed E-state index contributed by atoms with van der Waals surface area (Å²) in [5.74, 6) is 6.92. The summed E-state index contributed by atoms with van der Waals surface area (Å²) in [7, 11) is 0. The van der Waals surface area contributed by atoms with Crippen molar-refractivity contribution in [2.45, 2.75) is 31.6 Å². The highest BCUT2D eigenvalue weighted by molar-refractivity contribution is 5.40. The fourth-order valence-electron chi connectivity index (χ4n) is 5.12. The van der Waals surface area contributed by atoms with Gasteiger partial charge in [-0.1, -0.05) is 91.7 Å². The second kappa shape index (κ2) is 9.33. The van der Waals surface area contributed by atoms with Crippen molar-refractivity contribution >= 4 is 0 Å². The molecule has 0 spiro atoms. The van der Waals surface area contributed by atoms with Crippen molar-refractivity contribution in [1.29, 1.82) is 0 Å². The number of benzene rings is 3. The maximum Gasteiger partial charge on any atom is 0.141 e. The summed E-state index contributed by atoms with van der Waals surface area (Å²) in [5, 5.41) is 0. The number of rotatable bonds is 5. The van der Waals surface area contributed by atoms with Crippen LogP contribution in [0, 0.1) is 11.8 Å². The van der Waals surface area contributed by atoms with Gasteiger partial charge in [0.1, 0.15) is 6.54 Å². The second-order valence-corrected chi connectivity index (χ2v) is 8.65. The lowest BCUT2D eigenvalue weighted by molar-refractivity contribution is -0.927. The van der Waals surface area contributed by atoms with Crippen LogP contribution in [0.1, 0.15) is 42.9 Å². The Labute approximate surface area is 182 Å². The lowest BCUT2D eigenvalue weighted by Gasteiger charge is -2.48. The van der Waals surface area contributed by atoms with E-state index in [2.05, 4.69) is 104 Å². The van der Waals surface area contributed by atoms with Crippen LogP contribution in [0.15, 0.2) is 91.0 Å². The molecular formula is C29H32N+. The lowest BCUT2D eigenvalue weighted by Crippen LogP contribution is -2.57. The summed E-state index contributed by atoms with van der Waals surface area (Å²) in [6.45, 7) is 6.83. The quantitative estimate of drug-likeness (QED) is 0.365. The first kappa shape index (κ1) is 20.5. The van der Waals surface area contributed by atoms with Crippen LogP contribution in [0.5, 0.6) is 0 Å². The molecule has 0 radical (unpaired) electrons. The van der Waals surface area contributed by atoms with Crippen LogP contribution in [0.3, 0.4) is 0 Å². The SMILES string of the molecule is CCC[N+]1(CC#Cc2ccccc2)CCC(c2ccccc2)(c2ccccc2)CC1. The minimum atomic E-state index is 0.116. The van der Waals surface area contributed by atoms with Gasteiger partial charge in [0.2, 0.25) is 0 Å². The van der Waals surface area contributed by atoms with Gasteiger partial charge in [-0.15, -0.1) is 0 Å². The first-order valence-electron chi connectivity index (χ1n) is 11.3. The van der Waals surface area contributed by atoms with Gasteiger partial charge in [0, 0.05) is 23.8 Å². The summed E-state index contributed by atoms with van der Waals surface area (Å²) in [6.07, 6.45) is 3.55. The van der Waals surface area contributed by atoms with Crippen LogP contribution in [0.25, 0.3) is 0 Å². The molecule has 1 fully saturated rings. The summed E-state index contributed by atoms with van der Waals surface area (Å²) in [4.78, 5) is 0. The zero-order valence-electron chi connectivity index (χ0n) is 18.1. The minimum absolute atomic E-state index is 0.116. The largest absolute Gasteiger partial charge is 0.313 e. The fourth-order valence-corrected chi connectivity index (χ4v) is 5.12. The van der Waals surface area contributed by atoms with Crippen LogP contribution >= 0.6 is 0 Å². The van der Waals surface area contributed by atoms with E-state index in [1.807, 2.05) is 6.07 Å². The highest BCUT2D eigenvalue weighted by Gasteiger charge is 2.44. The molecule has 0 unspecified atom stereocenters. The van der Waals surface area contributed by atoms with Crippen LogP contribution in [0.2, 0.25) is 0 Å². The first-order chi connectivity index (χ1) is 14.8. The van der Waals surface area contributed by atoms with Gasteiger partial charge in [0.15, 0.2) is 0 Å². The van der Waals surface area contributed by atoms with E-state index < -0.39 is 0 Å². The van der Waals surface area contributed by atoms with Gasteiger partial charge < -0.3 is 4.48 Å². The first-order valence-corrected chi connectivity index (χ1v) is 11.3. The molecule has 0 saturated carbocycles. The Balaban J connectivity index is 1.59. The number of hydrogen-bond acceptors (Lipinski definition) is 0. The third-order valence-electron chi connectivity index (χ3n) is 6.80. The number of likely N-dealkylation sites (tertiary alicyclic amines) is 1. The number of nitrogens with zero attached hydrogens (tertiary/aromatic N) is 1. The molecule has 0 aliphatic carbocycles. The highest BCUT2D eigenvalue weighted by Crippen LogP contribution is 2.43. The zero-order chi connectivity index (χ0) is 20.7. The maximum absolute atomic E-state index is 3.53. The molecule has 0 bridgehead atoms. The monoisotopic (exact) mass is 394 g/mol. The Morgan fingerprint density at radius 1 is 0.733 bits per heavy atom. The standard InChI is InChI=1S/C29H32N/c1-2-22-30(23-12-15-26-13-6-3-7-14-26)24-20-29(21-25-30,27-16-8-4-9-17-27)28-18-10-5-11-19-28/h3-11,13-14,16-19H,2,20-25H2,1H3/q+1. The van der Waals surface area contributed by atoms with Crippen molar-refractivity contribution in [3.8, 4) is 11.8 Å². The molecule has 3 aromatic carbocycles. The molecule has 0 amide bonds. The minimum Gasteiger partial charge on any atom is -0.313 e. The van der Waals surface area contributed by atoms with Gasteiger partial charge in [-0.05, 0) is 35.6 Å². The average Bonchev–Trinajstić information content (AvgIpc) is 2.82. The predicted molar refractivity (Wildman–Crippen MR) is 126 cm³/mol. The van der Waals surface area contributed by atoms with E-state index >= 15 is 0 Å².